The summed E-state index contributed by atoms with van der Waals surface area (Å²) in [6, 6.07) is 12.4. The van der Waals surface area contributed by atoms with E-state index < -0.39 is 10.8 Å². The fraction of sp³-hybridized carbons (Fsp3) is 0.150. The fourth-order valence-electron chi connectivity index (χ4n) is 2.53. The molecule has 0 aliphatic carbocycles. The Kier molecular flexibility index (Phi) is 6.96. The maximum Gasteiger partial charge on any atom is 0.296 e. The monoisotopic (exact) mass is 494 g/mol. The van der Waals surface area contributed by atoms with Gasteiger partial charge in [0.25, 0.3) is 11.6 Å². The Morgan fingerprint density at radius 1 is 1.20 bits per heavy atom. The van der Waals surface area contributed by atoms with Crippen molar-refractivity contribution in [2.75, 3.05) is 11.9 Å². The first-order valence-electron chi connectivity index (χ1n) is 8.76. The van der Waals surface area contributed by atoms with Gasteiger partial charge in [-0.25, -0.2) is 0 Å². The molecule has 0 aliphatic heterocycles. The van der Waals surface area contributed by atoms with Crippen molar-refractivity contribution in [3.8, 4) is 11.5 Å². The van der Waals surface area contributed by atoms with E-state index in [0.717, 1.165) is 4.47 Å². The van der Waals surface area contributed by atoms with Crippen LogP contribution >= 0.6 is 27.5 Å². The van der Waals surface area contributed by atoms with Gasteiger partial charge in [0, 0.05) is 4.47 Å². The molecule has 0 fully saturated rings. The van der Waals surface area contributed by atoms with E-state index in [4.69, 9.17) is 25.5 Å². The molecule has 0 unspecified atom stereocenters. The Hall–Kier alpha value is -3.04. The average molecular weight is 496 g/mol. The van der Waals surface area contributed by atoms with E-state index in [1.54, 1.807) is 31.2 Å². The van der Waals surface area contributed by atoms with Crippen LogP contribution < -0.4 is 14.8 Å². The maximum atomic E-state index is 12.5. The molecule has 2 aromatic carbocycles. The van der Waals surface area contributed by atoms with Crippen LogP contribution in [0.5, 0.6) is 11.5 Å². The lowest BCUT2D eigenvalue weighted by Crippen LogP contribution is -2.12. The van der Waals surface area contributed by atoms with E-state index in [-0.39, 0.29) is 23.7 Å². The summed E-state index contributed by atoms with van der Waals surface area (Å²) in [4.78, 5) is 23.2. The number of rotatable bonds is 8. The minimum Gasteiger partial charge on any atom is -0.494 e. The van der Waals surface area contributed by atoms with Crippen LogP contribution in [-0.2, 0) is 6.61 Å². The molecule has 0 radical (unpaired) electrons. The molecule has 156 valence electrons. The summed E-state index contributed by atoms with van der Waals surface area (Å²) < 4.78 is 17.2. The molecule has 0 spiro atoms. The first-order chi connectivity index (χ1) is 14.4. The first-order valence-corrected chi connectivity index (χ1v) is 9.93. The molecule has 1 amide bonds. The molecule has 0 bridgehead atoms. The fourth-order valence-corrected chi connectivity index (χ4v) is 3.26. The Labute approximate surface area is 185 Å². The summed E-state index contributed by atoms with van der Waals surface area (Å²) >= 11 is 9.41. The zero-order valence-electron chi connectivity index (χ0n) is 15.7. The molecule has 3 aromatic rings. The highest BCUT2D eigenvalue weighted by atomic mass is 79.9. The van der Waals surface area contributed by atoms with E-state index in [9.17, 15) is 14.9 Å². The molecule has 10 heteroatoms. The lowest BCUT2D eigenvalue weighted by Gasteiger charge is -2.08. The summed E-state index contributed by atoms with van der Waals surface area (Å²) in [6.07, 6.45) is 0. The molecule has 0 aliphatic rings. The van der Waals surface area contributed by atoms with Crippen molar-refractivity contribution in [3.63, 3.8) is 0 Å². The first kappa shape index (κ1) is 21.7. The Balaban J connectivity index is 1.68. The minimum atomic E-state index is -0.629. The van der Waals surface area contributed by atoms with Gasteiger partial charge in [-0.15, -0.1) is 0 Å². The van der Waals surface area contributed by atoms with Gasteiger partial charge in [0.05, 0.1) is 22.6 Å². The third-order valence-electron chi connectivity index (χ3n) is 3.87. The van der Waals surface area contributed by atoms with Crippen molar-refractivity contribution in [2.24, 2.45) is 0 Å². The molecule has 0 atom stereocenters. The third-order valence-corrected chi connectivity index (χ3v) is 4.66. The van der Waals surface area contributed by atoms with Crippen LogP contribution in [0, 0.1) is 10.1 Å². The number of halogens is 2. The topological polar surface area (TPSA) is 104 Å². The number of carbonyl (C=O) groups is 1. The number of carbonyl (C=O) groups excluding carboxylic acids is 1. The number of nitro benzene ring substituents is 1. The van der Waals surface area contributed by atoms with Gasteiger partial charge in [-0.2, -0.15) is 0 Å². The number of amides is 1. The number of benzene rings is 2. The van der Waals surface area contributed by atoms with Crippen molar-refractivity contribution >= 4 is 44.8 Å². The number of anilines is 1. The number of hydrogen-bond acceptors (Lipinski definition) is 6. The molecule has 1 aromatic heterocycles. The normalized spacial score (nSPS) is 10.5. The van der Waals surface area contributed by atoms with Crippen molar-refractivity contribution in [2.45, 2.75) is 13.5 Å². The van der Waals surface area contributed by atoms with Crippen molar-refractivity contribution in [3.05, 3.63) is 79.7 Å². The standard InChI is InChI=1S/C20H16BrClN2O6/c1-2-28-13-4-6-16(17(10-13)24(26)27)23-20(25)19-8-5-14(30-19)11-29-18-7-3-12(21)9-15(18)22/h3-10H,2,11H2,1H3,(H,23,25). The third kappa shape index (κ3) is 5.31. The highest BCUT2D eigenvalue weighted by Crippen LogP contribution is 2.30. The van der Waals surface area contributed by atoms with E-state index in [1.165, 1.54) is 24.3 Å². The van der Waals surface area contributed by atoms with E-state index >= 15 is 0 Å². The second kappa shape index (κ2) is 9.64. The second-order valence-electron chi connectivity index (χ2n) is 5.95. The number of nitro groups is 1. The number of hydrogen-bond donors (Lipinski definition) is 1. The molecule has 0 saturated heterocycles. The lowest BCUT2D eigenvalue weighted by molar-refractivity contribution is -0.384. The van der Waals surface area contributed by atoms with Gasteiger partial charge in [0.1, 0.15) is 29.6 Å². The van der Waals surface area contributed by atoms with Crippen LogP contribution in [0.1, 0.15) is 23.2 Å². The predicted molar refractivity (Wildman–Crippen MR) is 114 cm³/mol. The average Bonchev–Trinajstić information content (AvgIpc) is 3.18. The van der Waals surface area contributed by atoms with Gasteiger partial charge in [0.15, 0.2) is 5.76 Å². The molecule has 30 heavy (non-hydrogen) atoms. The summed E-state index contributed by atoms with van der Waals surface area (Å²) in [5.41, 5.74) is -0.251. The largest absolute Gasteiger partial charge is 0.494 e. The summed E-state index contributed by atoms with van der Waals surface area (Å²) in [5.74, 6) is 0.549. The molecule has 3 rings (SSSR count). The van der Waals surface area contributed by atoms with Crippen molar-refractivity contribution in [1.29, 1.82) is 0 Å². The number of nitrogens with zero attached hydrogens (tertiary/aromatic N) is 1. The van der Waals surface area contributed by atoms with Crippen molar-refractivity contribution in [1.82, 2.24) is 0 Å². The van der Waals surface area contributed by atoms with Crippen molar-refractivity contribution < 1.29 is 23.6 Å². The summed E-state index contributed by atoms with van der Waals surface area (Å²) in [5, 5.41) is 14.2. The quantitative estimate of drug-likeness (QED) is 0.311. The smallest absolute Gasteiger partial charge is 0.296 e. The summed E-state index contributed by atoms with van der Waals surface area (Å²) in [6.45, 7) is 2.19. The van der Waals surface area contributed by atoms with Gasteiger partial charge < -0.3 is 19.2 Å². The number of ether oxygens (including phenoxy) is 2. The SMILES string of the molecule is CCOc1ccc(NC(=O)c2ccc(COc3ccc(Br)cc3Cl)o2)c([N+](=O)[O-])c1. The molecule has 1 N–H and O–H groups in total. The maximum absolute atomic E-state index is 12.5. The van der Waals surface area contributed by atoms with Crippen LogP contribution in [0.3, 0.4) is 0 Å². The molecule has 8 nitrogen and oxygen atoms in total. The Bertz CT molecular complexity index is 1080. The predicted octanol–water partition coefficient (Wildman–Crippen LogP) is 5.83. The number of nitrogens with one attached hydrogen (secondary N) is 1. The van der Waals surface area contributed by atoms with Gasteiger partial charge in [0.2, 0.25) is 0 Å². The van der Waals surface area contributed by atoms with Gasteiger partial charge in [-0.05, 0) is 49.4 Å². The molecule has 1 heterocycles. The Morgan fingerprint density at radius 2 is 2.00 bits per heavy atom. The highest BCUT2D eigenvalue weighted by molar-refractivity contribution is 9.10. The second-order valence-corrected chi connectivity index (χ2v) is 7.28. The zero-order chi connectivity index (χ0) is 21.7. The van der Waals surface area contributed by atoms with E-state index in [0.29, 0.717) is 28.9 Å². The van der Waals surface area contributed by atoms with Gasteiger partial charge in [-0.1, -0.05) is 27.5 Å². The van der Waals surface area contributed by atoms with Crippen LogP contribution in [0.2, 0.25) is 5.02 Å². The molecular weight excluding hydrogens is 480 g/mol. The van der Waals surface area contributed by atoms with Crippen LogP contribution in [0.15, 0.2) is 57.4 Å². The van der Waals surface area contributed by atoms with Gasteiger partial charge >= 0.3 is 0 Å². The Morgan fingerprint density at radius 3 is 2.70 bits per heavy atom. The van der Waals surface area contributed by atoms with E-state index in [2.05, 4.69) is 21.2 Å². The van der Waals surface area contributed by atoms with Crippen LogP contribution in [0.25, 0.3) is 0 Å². The van der Waals surface area contributed by atoms with Crippen LogP contribution in [-0.4, -0.2) is 17.4 Å². The van der Waals surface area contributed by atoms with E-state index in [1.807, 2.05) is 0 Å². The minimum absolute atomic E-state index is 0.0151. The molecule has 0 saturated carbocycles. The highest BCUT2D eigenvalue weighted by Gasteiger charge is 2.20. The summed E-state index contributed by atoms with van der Waals surface area (Å²) in [7, 11) is 0. The van der Waals surface area contributed by atoms with Gasteiger partial charge in [-0.3, -0.25) is 14.9 Å². The molecular formula is C20H16BrClN2O6. The number of furan rings is 1. The van der Waals surface area contributed by atoms with Crippen LogP contribution in [0.4, 0.5) is 11.4 Å². The zero-order valence-corrected chi connectivity index (χ0v) is 18.0. The lowest BCUT2D eigenvalue weighted by atomic mass is 10.2.